The molecule has 0 radical (unpaired) electrons. The average molecular weight is 487 g/mol. The topological polar surface area (TPSA) is 67.2 Å². The first kappa shape index (κ1) is 23.8. The lowest BCUT2D eigenvalue weighted by Crippen LogP contribution is -2.47. The Hall–Kier alpha value is -2.38. The van der Waals surface area contributed by atoms with E-state index in [0.717, 1.165) is 47.2 Å². The first-order valence-corrected chi connectivity index (χ1v) is 12.9. The Morgan fingerprint density at radius 1 is 1.18 bits per heavy atom. The SMILES string of the molecule is CCC(CC)C(=O)N1CCC(NC(=O)c2cc3c(C)nn(Cc4ccc(Cl)cc4)c3s2)CC1. The van der Waals surface area contributed by atoms with Gasteiger partial charge in [-0.1, -0.05) is 37.6 Å². The van der Waals surface area contributed by atoms with Crippen molar-refractivity contribution >= 4 is 45.0 Å². The summed E-state index contributed by atoms with van der Waals surface area (Å²) in [6, 6.07) is 9.78. The van der Waals surface area contributed by atoms with Gasteiger partial charge >= 0.3 is 0 Å². The van der Waals surface area contributed by atoms with Crippen LogP contribution in [0.1, 0.15) is 60.5 Å². The zero-order valence-electron chi connectivity index (χ0n) is 19.4. The first-order valence-electron chi connectivity index (χ1n) is 11.7. The van der Waals surface area contributed by atoms with E-state index in [0.29, 0.717) is 29.5 Å². The van der Waals surface area contributed by atoms with Crippen molar-refractivity contribution in [2.45, 2.75) is 59.0 Å². The van der Waals surface area contributed by atoms with Gasteiger partial charge in [-0.25, -0.2) is 0 Å². The minimum absolute atomic E-state index is 0.0431. The largest absolute Gasteiger partial charge is 0.348 e. The Morgan fingerprint density at radius 2 is 1.85 bits per heavy atom. The highest BCUT2D eigenvalue weighted by molar-refractivity contribution is 7.20. The van der Waals surface area contributed by atoms with E-state index in [-0.39, 0.29) is 23.8 Å². The van der Waals surface area contributed by atoms with Gasteiger partial charge in [0, 0.05) is 35.5 Å². The van der Waals surface area contributed by atoms with Crippen molar-refractivity contribution in [2.75, 3.05) is 13.1 Å². The van der Waals surface area contributed by atoms with Crippen LogP contribution in [0.15, 0.2) is 30.3 Å². The van der Waals surface area contributed by atoms with E-state index in [1.54, 1.807) is 0 Å². The highest BCUT2D eigenvalue weighted by Crippen LogP contribution is 2.29. The second-order valence-corrected chi connectivity index (χ2v) is 10.3. The standard InChI is InChI=1S/C25H31ClN4O2S/c1-4-18(5-2)24(32)29-12-10-20(11-13-29)27-23(31)22-14-21-16(3)28-30(25(21)33-22)15-17-6-8-19(26)9-7-17/h6-9,14,18,20H,4-5,10-13,15H2,1-3H3,(H,27,31). The molecule has 3 heterocycles. The number of thiophene rings is 1. The fourth-order valence-electron chi connectivity index (χ4n) is 4.49. The number of aryl methyl sites for hydroxylation is 1. The molecular formula is C25H31ClN4O2S. The number of nitrogens with zero attached hydrogens (tertiary/aromatic N) is 3. The fourth-order valence-corrected chi connectivity index (χ4v) is 5.68. The zero-order valence-corrected chi connectivity index (χ0v) is 21.0. The van der Waals surface area contributed by atoms with Gasteiger partial charge in [0.05, 0.1) is 17.1 Å². The summed E-state index contributed by atoms with van der Waals surface area (Å²) in [5.74, 6) is 0.332. The number of halogens is 1. The molecule has 1 fully saturated rings. The third-order valence-electron chi connectivity index (χ3n) is 6.55. The van der Waals surface area contributed by atoms with E-state index in [2.05, 4.69) is 24.3 Å². The lowest BCUT2D eigenvalue weighted by Gasteiger charge is -2.34. The predicted octanol–water partition coefficient (Wildman–Crippen LogP) is 5.26. The number of amides is 2. The number of likely N-dealkylation sites (tertiary alicyclic amines) is 1. The number of aromatic nitrogens is 2. The molecule has 8 heteroatoms. The van der Waals surface area contributed by atoms with Gasteiger partial charge in [-0.3, -0.25) is 14.3 Å². The maximum Gasteiger partial charge on any atom is 0.261 e. The Kier molecular flexibility index (Phi) is 7.39. The molecule has 1 aromatic carbocycles. The number of fused-ring (bicyclic) bond motifs is 1. The normalized spacial score (nSPS) is 14.9. The van der Waals surface area contributed by atoms with E-state index in [1.807, 2.05) is 46.8 Å². The number of rotatable bonds is 7. The molecule has 0 bridgehead atoms. The Bertz CT molecular complexity index is 1130. The van der Waals surface area contributed by atoms with E-state index < -0.39 is 0 Å². The summed E-state index contributed by atoms with van der Waals surface area (Å²) in [6.45, 7) is 8.17. The Morgan fingerprint density at radius 3 is 2.48 bits per heavy atom. The van der Waals surface area contributed by atoms with Gasteiger partial charge in [-0.2, -0.15) is 5.10 Å². The van der Waals surface area contributed by atoms with Gasteiger partial charge in [-0.15, -0.1) is 11.3 Å². The number of hydrogen-bond donors (Lipinski definition) is 1. The third kappa shape index (κ3) is 5.25. The molecule has 3 aromatic rings. The molecule has 0 saturated carbocycles. The van der Waals surface area contributed by atoms with Gasteiger partial charge < -0.3 is 10.2 Å². The Labute approximate surface area is 203 Å². The summed E-state index contributed by atoms with van der Waals surface area (Å²) in [4.78, 5) is 29.3. The molecule has 2 aromatic heterocycles. The van der Waals surface area contributed by atoms with Gasteiger partial charge in [0.15, 0.2) is 0 Å². The van der Waals surface area contributed by atoms with Crippen molar-refractivity contribution in [2.24, 2.45) is 5.92 Å². The predicted molar refractivity (Wildman–Crippen MR) is 134 cm³/mol. The van der Waals surface area contributed by atoms with Crippen LogP contribution in [0.4, 0.5) is 0 Å². The second-order valence-electron chi connectivity index (χ2n) is 8.79. The molecule has 176 valence electrons. The van der Waals surface area contributed by atoms with E-state index >= 15 is 0 Å². The monoisotopic (exact) mass is 486 g/mol. The van der Waals surface area contributed by atoms with E-state index in [4.69, 9.17) is 11.6 Å². The molecule has 0 unspecified atom stereocenters. The van der Waals surface area contributed by atoms with Crippen molar-refractivity contribution in [1.29, 1.82) is 0 Å². The zero-order chi connectivity index (χ0) is 23.5. The number of benzene rings is 1. The molecule has 2 amide bonds. The van der Waals surface area contributed by atoms with Gasteiger partial charge in [0.2, 0.25) is 5.91 Å². The lowest BCUT2D eigenvalue weighted by molar-refractivity contribution is -0.136. The van der Waals surface area contributed by atoms with Crippen molar-refractivity contribution in [3.63, 3.8) is 0 Å². The summed E-state index contributed by atoms with van der Waals surface area (Å²) >= 11 is 7.48. The fraction of sp³-hybridized carbons (Fsp3) is 0.480. The Balaban J connectivity index is 1.40. The van der Waals surface area contributed by atoms with E-state index in [1.165, 1.54) is 11.3 Å². The summed E-state index contributed by atoms with van der Waals surface area (Å²) in [5, 5.41) is 9.58. The summed E-state index contributed by atoms with van der Waals surface area (Å²) in [5.41, 5.74) is 2.03. The summed E-state index contributed by atoms with van der Waals surface area (Å²) in [7, 11) is 0. The molecule has 1 aliphatic heterocycles. The molecule has 1 aliphatic rings. The molecule has 0 aliphatic carbocycles. The average Bonchev–Trinajstić information content (AvgIpc) is 3.38. The van der Waals surface area contributed by atoms with Crippen LogP contribution in [0.25, 0.3) is 10.2 Å². The smallest absolute Gasteiger partial charge is 0.261 e. The molecular weight excluding hydrogens is 456 g/mol. The summed E-state index contributed by atoms with van der Waals surface area (Å²) in [6.07, 6.45) is 3.36. The van der Waals surface area contributed by atoms with Crippen LogP contribution >= 0.6 is 22.9 Å². The number of hydrogen-bond acceptors (Lipinski definition) is 4. The highest BCUT2D eigenvalue weighted by Gasteiger charge is 2.28. The van der Waals surface area contributed by atoms with Crippen molar-refractivity contribution < 1.29 is 9.59 Å². The molecule has 0 spiro atoms. The van der Waals surface area contributed by atoms with E-state index in [9.17, 15) is 9.59 Å². The van der Waals surface area contributed by atoms with Crippen LogP contribution < -0.4 is 5.32 Å². The van der Waals surface area contributed by atoms with Crippen LogP contribution in [0.3, 0.4) is 0 Å². The number of carbonyl (C=O) groups is 2. The highest BCUT2D eigenvalue weighted by atomic mass is 35.5. The molecule has 1 N–H and O–H groups in total. The maximum atomic E-state index is 13.0. The quantitative estimate of drug-likeness (QED) is 0.495. The molecule has 6 nitrogen and oxygen atoms in total. The number of carbonyl (C=O) groups excluding carboxylic acids is 2. The van der Waals surface area contributed by atoms with Crippen LogP contribution in [-0.2, 0) is 11.3 Å². The van der Waals surface area contributed by atoms with Crippen molar-refractivity contribution in [3.05, 3.63) is 51.5 Å². The molecule has 0 atom stereocenters. The lowest BCUT2D eigenvalue weighted by atomic mass is 9.98. The van der Waals surface area contributed by atoms with Crippen LogP contribution in [0.2, 0.25) is 5.02 Å². The van der Waals surface area contributed by atoms with Gasteiger partial charge in [0.1, 0.15) is 4.83 Å². The van der Waals surface area contributed by atoms with Crippen molar-refractivity contribution in [3.8, 4) is 0 Å². The minimum Gasteiger partial charge on any atom is -0.348 e. The molecule has 1 saturated heterocycles. The number of nitrogens with one attached hydrogen (secondary N) is 1. The first-order chi connectivity index (χ1) is 15.9. The molecule has 33 heavy (non-hydrogen) atoms. The van der Waals surface area contributed by atoms with Gasteiger partial charge in [-0.05, 0) is 56.4 Å². The van der Waals surface area contributed by atoms with Crippen LogP contribution in [0, 0.1) is 12.8 Å². The number of piperidine rings is 1. The summed E-state index contributed by atoms with van der Waals surface area (Å²) < 4.78 is 1.96. The minimum atomic E-state index is -0.0431. The second kappa shape index (κ2) is 10.3. The van der Waals surface area contributed by atoms with Crippen LogP contribution in [0.5, 0.6) is 0 Å². The van der Waals surface area contributed by atoms with Crippen LogP contribution in [-0.4, -0.2) is 45.6 Å². The van der Waals surface area contributed by atoms with Crippen molar-refractivity contribution in [1.82, 2.24) is 20.0 Å². The third-order valence-corrected chi connectivity index (χ3v) is 7.95. The maximum absolute atomic E-state index is 13.0. The van der Waals surface area contributed by atoms with Gasteiger partial charge in [0.25, 0.3) is 5.91 Å². The molecule has 4 rings (SSSR count).